The number of nitrogens with zero attached hydrogens (tertiary/aromatic N) is 1. The third kappa shape index (κ3) is 3.77. The molecule has 0 spiro atoms. The molecule has 0 aliphatic carbocycles. The van der Waals surface area contributed by atoms with Crippen molar-refractivity contribution in [3.63, 3.8) is 0 Å². The minimum absolute atomic E-state index is 0.0330. The molecule has 7 nitrogen and oxygen atoms in total. The van der Waals surface area contributed by atoms with Crippen molar-refractivity contribution >= 4 is 18.0 Å². The van der Waals surface area contributed by atoms with Crippen LogP contribution in [0, 0.1) is 0 Å². The fraction of sp³-hybridized carbons (Fsp3) is 0.421. The van der Waals surface area contributed by atoms with Gasteiger partial charge in [-0.1, -0.05) is 36.4 Å². The van der Waals surface area contributed by atoms with Gasteiger partial charge in [-0.05, 0) is 33.3 Å². The van der Waals surface area contributed by atoms with Crippen LogP contribution in [0.4, 0.5) is 4.79 Å². The topological polar surface area (TPSA) is 93.1 Å². The van der Waals surface area contributed by atoms with Crippen molar-refractivity contribution in [2.75, 3.05) is 13.2 Å². The number of rotatable bonds is 4. The van der Waals surface area contributed by atoms with E-state index in [1.165, 1.54) is 18.2 Å². The van der Waals surface area contributed by atoms with E-state index in [0.29, 0.717) is 0 Å². The lowest BCUT2D eigenvalue weighted by molar-refractivity contribution is -0.163. The van der Waals surface area contributed by atoms with E-state index >= 15 is 0 Å². The molecule has 1 aromatic rings. The molecule has 1 atom stereocenters. The van der Waals surface area contributed by atoms with Gasteiger partial charge in [-0.3, -0.25) is 4.79 Å². The number of hydrogen-bond donors (Lipinski definition) is 1. The van der Waals surface area contributed by atoms with Crippen molar-refractivity contribution in [1.82, 2.24) is 4.90 Å². The Morgan fingerprint density at radius 1 is 1.19 bits per heavy atom. The molecule has 0 radical (unpaired) electrons. The number of esters is 1. The molecule has 1 N–H and O–H groups in total. The van der Waals surface area contributed by atoms with E-state index < -0.39 is 29.2 Å². The summed E-state index contributed by atoms with van der Waals surface area (Å²) >= 11 is 0. The van der Waals surface area contributed by atoms with Gasteiger partial charge in [-0.15, -0.1) is 0 Å². The molecule has 7 heteroatoms. The zero-order chi connectivity index (χ0) is 19.5. The van der Waals surface area contributed by atoms with Crippen LogP contribution >= 0.6 is 0 Å². The molecule has 1 aromatic carbocycles. The molecule has 26 heavy (non-hydrogen) atoms. The van der Waals surface area contributed by atoms with Crippen molar-refractivity contribution < 1.29 is 29.0 Å². The van der Waals surface area contributed by atoms with Crippen LogP contribution in [0.2, 0.25) is 0 Å². The van der Waals surface area contributed by atoms with E-state index in [-0.39, 0.29) is 24.3 Å². The normalized spacial score (nSPS) is 16.7. The van der Waals surface area contributed by atoms with Crippen molar-refractivity contribution in [2.45, 2.75) is 38.9 Å². The van der Waals surface area contributed by atoms with Crippen LogP contribution in [0.3, 0.4) is 0 Å². The second-order valence-corrected chi connectivity index (χ2v) is 6.81. The molecule has 0 fully saturated rings. The Hall–Kier alpha value is -2.67. The molecule has 1 aliphatic rings. The number of carbonyl (C=O) groups excluding carboxylic acids is 3. The number of hydrogen-bond acceptors (Lipinski definition) is 6. The smallest absolute Gasteiger partial charge is 0.417 e. The summed E-state index contributed by atoms with van der Waals surface area (Å²) in [7, 11) is 0. The standard InChI is InChI=1S/C19H23NO6/c1-5-25-16(22)19(24,13-9-7-6-8-10-13)14-11-12-20(15(14)21)17(23)26-18(2,3)4/h6-11,24H,5,12H2,1-4H3. The SMILES string of the molecule is CCOC(=O)C(O)(C1=CCN(C(=O)OC(C)(C)C)C1=O)c1ccccc1. The zero-order valence-corrected chi connectivity index (χ0v) is 15.3. The molecule has 140 valence electrons. The lowest BCUT2D eigenvalue weighted by Gasteiger charge is -2.28. The number of benzene rings is 1. The van der Waals surface area contributed by atoms with Gasteiger partial charge in [-0.2, -0.15) is 0 Å². The monoisotopic (exact) mass is 361 g/mol. The molecule has 2 amide bonds. The van der Waals surface area contributed by atoms with E-state index in [9.17, 15) is 19.5 Å². The Labute approximate surface area is 152 Å². The minimum Gasteiger partial charge on any atom is -0.463 e. The Morgan fingerprint density at radius 2 is 1.81 bits per heavy atom. The maximum absolute atomic E-state index is 12.8. The van der Waals surface area contributed by atoms with E-state index in [4.69, 9.17) is 9.47 Å². The first kappa shape index (κ1) is 19.7. The number of aliphatic hydroxyl groups is 1. The van der Waals surface area contributed by atoms with Gasteiger partial charge in [-0.25, -0.2) is 14.5 Å². The van der Waals surface area contributed by atoms with Gasteiger partial charge >= 0.3 is 12.1 Å². The molecule has 1 heterocycles. The summed E-state index contributed by atoms with van der Waals surface area (Å²) in [4.78, 5) is 38.3. The summed E-state index contributed by atoms with van der Waals surface area (Å²) in [5.41, 5.74) is -3.13. The molecular weight excluding hydrogens is 338 g/mol. The third-order valence-electron chi connectivity index (χ3n) is 3.72. The molecular formula is C19H23NO6. The van der Waals surface area contributed by atoms with Gasteiger partial charge in [0.15, 0.2) is 0 Å². The highest BCUT2D eigenvalue weighted by atomic mass is 16.6. The van der Waals surface area contributed by atoms with E-state index in [2.05, 4.69) is 0 Å². The molecule has 0 saturated heterocycles. The summed E-state index contributed by atoms with van der Waals surface area (Å²) in [6, 6.07) is 8.01. The second kappa shape index (κ2) is 7.29. The second-order valence-electron chi connectivity index (χ2n) is 6.81. The number of carbonyl (C=O) groups is 3. The predicted molar refractivity (Wildman–Crippen MR) is 93.0 cm³/mol. The highest BCUT2D eigenvalue weighted by molar-refractivity contribution is 6.10. The van der Waals surface area contributed by atoms with Crippen LogP contribution in [0.5, 0.6) is 0 Å². The third-order valence-corrected chi connectivity index (χ3v) is 3.72. The Morgan fingerprint density at radius 3 is 2.35 bits per heavy atom. The van der Waals surface area contributed by atoms with Crippen molar-refractivity contribution in [3.05, 3.63) is 47.5 Å². The van der Waals surface area contributed by atoms with E-state index in [0.717, 1.165) is 4.90 Å². The number of amides is 2. The zero-order valence-electron chi connectivity index (χ0n) is 15.3. The summed E-state index contributed by atoms with van der Waals surface area (Å²) in [5, 5.41) is 11.1. The van der Waals surface area contributed by atoms with Crippen LogP contribution in [0.1, 0.15) is 33.3 Å². The van der Waals surface area contributed by atoms with Gasteiger partial charge in [0.05, 0.1) is 18.7 Å². The average molecular weight is 361 g/mol. The van der Waals surface area contributed by atoms with Crippen LogP contribution in [0.15, 0.2) is 42.0 Å². The van der Waals surface area contributed by atoms with Gasteiger partial charge in [0.1, 0.15) is 5.60 Å². The van der Waals surface area contributed by atoms with Crippen molar-refractivity contribution in [3.8, 4) is 0 Å². The number of imide groups is 1. The van der Waals surface area contributed by atoms with Crippen molar-refractivity contribution in [1.29, 1.82) is 0 Å². The highest BCUT2D eigenvalue weighted by Gasteiger charge is 2.50. The Bertz CT molecular complexity index is 734. The first-order chi connectivity index (χ1) is 12.1. The highest BCUT2D eigenvalue weighted by Crippen LogP contribution is 2.35. The van der Waals surface area contributed by atoms with Crippen LogP contribution in [-0.4, -0.2) is 46.7 Å². The predicted octanol–water partition coefficient (Wildman–Crippen LogP) is 2.14. The number of ether oxygens (including phenoxy) is 2. The fourth-order valence-corrected chi connectivity index (χ4v) is 2.57. The maximum atomic E-state index is 12.8. The first-order valence-electron chi connectivity index (χ1n) is 8.32. The molecule has 1 aliphatic heterocycles. The van der Waals surface area contributed by atoms with E-state index in [1.807, 2.05) is 0 Å². The lowest BCUT2D eigenvalue weighted by atomic mass is 9.86. The Balaban J connectivity index is 2.37. The first-order valence-corrected chi connectivity index (χ1v) is 8.32. The van der Waals surface area contributed by atoms with Crippen LogP contribution in [0.25, 0.3) is 0 Å². The summed E-state index contributed by atoms with van der Waals surface area (Å²) < 4.78 is 10.2. The van der Waals surface area contributed by atoms with E-state index in [1.54, 1.807) is 45.9 Å². The van der Waals surface area contributed by atoms with Gasteiger partial charge in [0, 0.05) is 0 Å². The summed E-state index contributed by atoms with van der Waals surface area (Å²) in [5.74, 6) is -1.77. The molecule has 2 rings (SSSR count). The van der Waals surface area contributed by atoms with Crippen LogP contribution in [-0.2, 0) is 24.7 Å². The molecule has 1 unspecified atom stereocenters. The summed E-state index contributed by atoms with van der Waals surface area (Å²) in [6.07, 6.45) is 0.504. The van der Waals surface area contributed by atoms with Gasteiger partial charge < -0.3 is 14.6 Å². The lowest BCUT2D eigenvalue weighted by Crippen LogP contribution is -2.45. The molecule has 0 bridgehead atoms. The van der Waals surface area contributed by atoms with Gasteiger partial charge in [0.2, 0.25) is 5.60 Å². The maximum Gasteiger partial charge on any atom is 0.417 e. The Kier molecular flexibility index (Phi) is 5.51. The molecule has 0 saturated carbocycles. The summed E-state index contributed by atoms with van der Waals surface area (Å²) in [6.45, 7) is 6.57. The van der Waals surface area contributed by atoms with Crippen molar-refractivity contribution in [2.24, 2.45) is 0 Å². The average Bonchev–Trinajstić information content (AvgIpc) is 2.95. The molecule has 0 aromatic heterocycles. The van der Waals surface area contributed by atoms with Crippen LogP contribution < -0.4 is 0 Å². The fourth-order valence-electron chi connectivity index (χ4n) is 2.57. The van der Waals surface area contributed by atoms with Gasteiger partial charge in [0.25, 0.3) is 5.91 Å². The largest absolute Gasteiger partial charge is 0.463 e. The quantitative estimate of drug-likeness (QED) is 0.826. The minimum atomic E-state index is -2.30.